The molecule has 1 saturated carbocycles. The van der Waals surface area contributed by atoms with Gasteiger partial charge in [0.25, 0.3) is 0 Å². The lowest BCUT2D eigenvalue weighted by Gasteiger charge is -2.18. The molecule has 3 rings (SSSR count). The van der Waals surface area contributed by atoms with Gasteiger partial charge in [-0.3, -0.25) is 0 Å². The molecule has 0 aliphatic heterocycles. The first-order chi connectivity index (χ1) is 8.34. The van der Waals surface area contributed by atoms with Crippen molar-refractivity contribution >= 4 is 10.8 Å². The molecule has 1 aromatic carbocycles. The van der Waals surface area contributed by atoms with E-state index in [1.165, 1.54) is 48.6 Å². The lowest BCUT2D eigenvalue weighted by molar-refractivity contribution is -0.729. The second-order valence-electron chi connectivity index (χ2n) is 5.24. The highest BCUT2D eigenvalue weighted by atomic mass is 15.0. The van der Waals surface area contributed by atoms with Crippen molar-refractivity contribution in [3.63, 3.8) is 0 Å². The van der Waals surface area contributed by atoms with Crippen molar-refractivity contribution < 1.29 is 4.57 Å². The number of nitrogens with zero attached hydrogens (tertiary/aromatic N) is 1. The van der Waals surface area contributed by atoms with E-state index in [1.54, 1.807) is 0 Å². The Bertz CT molecular complexity index is 524. The Kier molecular flexibility index (Phi) is 2.84. The zero-order valence-electron chi connectivity index (χ0n) is 10.5. The van der Waals surface area contributed by atoms with Crippen molar-refractivity contribution in [3.8, 4) is 0 Å². The predicted octanol–water partition coefficient (Wildman–Crippen LogP) is 3.94. The highest BCUT2D eigenvalue weighted by molar-refractivity contribution is 5.80. The molecule has 1 nitrogen and oxygen atoms in total. The van der Waals surface area contributed by atoms with E-state index >= 15 is 0 Å². The summed E-state index contributed by atoms with van der Waals surface area (Å²) in [6.07, 6.45) is 9.26. The van der Waals surface area contributed by atoms with Crippen LogP contribution in [0.5, 0.6) is 0 Å². The molecule has 1 fully saturated rings. The Morgan fingerprint density at radius 3 is 2.47 bits per heavy atom. The third kappa shape index (κ3) is 2.06. The molecule has 0 spiro atoms. The number of rotatable bonds is 1. The quantitative estimate of drug-likeness (QED) is 0.648. The molecule has 0 N–H and O–H groups in total. The Balaban J connectivity index is 2.06. The summed E-state index contributed by atoms with van der Waals surface area (Å²) in [5.74, 6) is 0. The second kappa shape index (κ2) is 4.48. The fourth-order valence-electron chi connectivity index (χ4n) is 3.06. The Labute approximate surface area is 103 Å². The molecular formula is C16H20N+. The minimum atomic E-state index is 0.730. The highest BCUT2D eigenvalue weighted by Gasteiger charge is 2.23. The second-order valence-corrected chi connectivity index (χ2v) is 5.24. The Morgan fingerprint density at radius 1 is 1.00 bits per heavy atom. The topological polar surface area (TPSA) is 3.88 Å². The van der Waals surface area contributed by atoms with Crippen molar-refractivity contribution in [2.24, 2.45) is 0 Å². The van der Waals surface area contributed by atoms with Gasteiger partial charge in [-0.05, 0) is 24.3 Å². The van der Waals surface area contributed by atoms with Crippen LogP contribution in [-0.4, -0.2) is 0 Å². The Morgan fingerprint density at radius 2 is 1.71 bits per heavy atom. The van der Waals surface area contributed by atoms with Crippen LogP contribution in [0, 0.1) is 6.92 Å². The largest absolute Gasteiger partial charge is 0.199 e. The molecule has 1 aliphatic rings. The monoisotopic (exact) mass is 226 g/mol. The van der Waals surface area contributed by atoms with Gasteiger partial charge in [0, 0.05) is 31.2 Å². The van der Waals surface area contributed by atoms with E-state index in [9.17, 15) is 0 Å². The molecule has 0 saturated heterocycles. The first kappa shape index (κ1) is 10.8. The molecule has 1 heteroatoms. The van der Waals surface area contributed by atoms with Gasteiger partial charge in [-0.1, -0.05) is 24.6 Å². The number of hydrogen-bond acceptors (Lipinski definition) is 0. The van der Waals surface area contributed by atoms with Gasteiger partial charge in [0.15, 0.2) is 17.9 Å². The zero-order chi connectivity index (χ0) is 11.7. The fraction of sp³-hybridized carbons (Fsp3) is 0.438. The smallest absolute Gasteiger partial charge is 0.179 e. The summed E-state index contributed by atoms with van der Waals surface area (Å²) in [6, 6.07) is 11.7. The highest BCUT2D eigenvalue weighted by Crippen LogP contribution is 2.25. The van der Waals surface area contributed by atoms with Gasteiger partial charge in [-0.2, -0.15) is 4.57 Å². The summed E-state index contributed by atoms with van der Waals surface area (Å²) in [6.45, 7) is 2.24. The van der Waals surface area contributed by atoms with Crippen LogP contribution in [-0.2, 0) is 0 Å². The molecule has 1 aliphatic carbocycles. The maximum Gasteiger partial charge on any atom is 0.179 e. The van der Waals surface area contributed by atoms with Gasteiger partial charge < -0.3 is 0 Å². The van der Waals surface area contributed by atoms with Gasteiger partial charge >= 0.3 is 0 Å². The summed E-state index contributed by atoms with van der Waals surface area (Å²) >= 11 is 0. The predicted molar refractivity (Wildman–Crippen MR) is 71.0 cm³/mol. The lowest BCUT2D eigenvalue weighted by atomic mass is 9.94. The van der Waals surface area contributed by atoms with Crippen LogP contribution >= 0.6 is 0 Å². The van der Waals surface area contributed by atoms with E-state index in [2.05, 4.69) is 48.0 Å². The number of aromatic nitrogens is 1. The third-order valence-corrected chi connectivity index (χ3v) is 4.01. The minimum absolute atomic E-state index is 0.730. The SMILES string of the molecule is Cc1cc2ccccc2c[n+]1C1CCCCC1. The van der Waals surface area contributed by atoms with Crippen LogP contribution in [0.15, 0.2) is 36.5 Å². The first-order valence-corrected chi connectivity index (χ1v) is 6.75. The molecule has 1 aromatic heterocycles. The number of aryl methyl sites for hydroxylation is 1. The molecular weight excluding hydrogens is 206 g/mol. The Hall–Kier alpha value is -1.37. The van der Waals surface area contributed by atoms with Gasteiger partial charge in [0.2, 0.25) is 0 Å². The maximum absolute atomic E-state index is 2.50. The summed E-state index contributed by atoms with van der Waals surface area (Å²) < 4.78 is 2.50. The van der Waals surface area contributed by atoms with E-state index in [1.807, 2.05) is 0 Å². The number of hydrogen-bond donors (Lipinski definition) is 0. The summed E-state index contributed by atoms with van der Waals surface area (Å²) in [5.41, 5.74) is 1.40. The van der Waals surface area contributed by atoms with Crippen LogP contribution in [0.4, 0.5) is 0 Å². The van der Waals surface area contributed by atoms with Crippen molar-refractivity contribution in [1.29, 1.82) is 0 Å². The molecule has 0 bridgehead atoms. The van der Waals surface area contributed by atoms with E-state index in [-0.39, 0.29) is 0 Å². The van der Waals surface area contributed by atoms with Crippen LogP contribution < -0.4 is 4.57 Å². The minimum Gasteiger partial charge on any atom is -0.199 e. The van der Waals surface area contributed by atoms with Gasteiger partial charge in [-0.15, -0.1) is 0 Å². The molecule has 2 aromatic rings. The molecule has 0 amide bonds. The normalized spacial score (nSPS) is 17.5. The summed E-state index contributed by atoms with van der Waals surface area (Å²) in [5, 5.41) is 2.72. The van der Waals surface area contributed by atoms with E-state index in [4.69, 9.17) is 0 Å². The van der Waals surface area contributed by atoms with Gasteiger partial charge in [-0.25, -0.2) is 0 Å². The lowest BCUT2D eigenvalue weighted by Crippen LogP contribution is -2.42. The van der Waals surface area contributed by atoms with Gasteiger partial charge in [0.05, 0.1) is 0 Å². The molecule has 1 heterocycles. The summed E-state index contributed by atoms with van der Waals surface area (Å²) in [7, 11) is 0. The van der Waals surface area contributed by atoms with Crippen molar-refractivity contribution in [1.82, 2.24) is 0 Å². The number of fused-ring (bicyclic) bond motifs is 1. The fourth-order valence-corrected chi connectivity index (χ4v) is 3.06. The third-order valence-electron chi connectivity index (χ3n) is 4.01. The van der Waals surface area contributed by atoms with Gasteiger partial charge in [0.1, 0.15) is 0 Å². The van der Waals surface area contributed by atoms with Crippen molar-refractivity contribution in [3.05, 3.63) is 42.2 Å². The van der Waals surface area contributed by atoms with E-state index < -0.39 is 0 Å². The van der Waals surface area contributed by atoms with Crippen molar-refractivity contribution in [2.75, 3.05) is 0 Å². The number of benzene rings is 1. The molecule has 88 valence electrons. The maximum atomic E-state index is 2.50. The van der Waals surface area contributed by atoms with Crippen LogP contribution in [0.2, 0.25) is 0 Å². The first-order valence-electron chi connectivity index (χ1n) is 6.75. The zero-order valence-corrected chi connectivity index (χ0v) is 10.5. The molecule has 0 radical (unpaired) electrons. The standard InChI is InChI=1S/C16H20N/c1-13-11-14-7-5-6-8-15(14)12-17(13)16-9-3-2-4-10-16/h5-8,11-12,16H,2-4,9-10H2,1H3/q+1. The van der Waals surface area contributed by atoms with E-state index in [0.717, 1.165) is 6.04 Å². The summed E-state index contributed by atoms with van der Waals surface area (Å²) in [4.78, 5) is 0. The average Bonchev–Trinajstić information content (AvgIpc) is 2.39. The van der Waals surface area contributed by atoms with Crippen molar-refractivity contribution in [2.45, 2.75) is 45.1 Å². The van der Waals surface area contributed by atoms with E-state index in [0.29, 0.717) is 0 Å². The van der Waals surface area contributed by atoms with Crippen LogP contribution in [0.1, 0.15) is 43.8 Å². The number of pyridine rings is 1. The average molecular weight is 226 g/mol. The molecule has 0 atom stereocenters. The molecule has 17 heavy (non-hydrogen) atoms. The van der Waals surface area contributed by atoms with Crippen LogP contribution in [0.3, 0.4) is 0 Å². The van der Waals surface area contributed by atoms with Crippen LogP contribution in [0.25, 0.3) is 10.8 Å². The molecule has 0 unspecified atom stereocenters.